The van der Waals surface area contributed by atoms with E-state index >= 15 is 0 Å². The minimum Gasteiger partial charge on any atom is -0.384 e. The van der Waals surface area contributed by atoms with Crippen LogP contribution in [0.15, 0.2) is 117 Å². The van der Waals surface area contributed by atoms with E-state index in [9.17, 15) is 30.4 Å². The minimum absolute atomic E-state index is 0.00404. The van der Waals surface area contributed by atoms with E-state index in [0.717, 1.165) is 62.2 Å². The number of anilines is 2. The second kappa shape index (κ2) is 22.2. The molecule has 0 aromatic heterocycles. The number of thioether (sulfide) groups is 1. The first-order chi connectivity index (χ1) is 29.7. The number of rotatable bonds is 20. The smallest absolute Gasteiger partial charge is 0.384 e. The number of alkyl halides is 3. The molecule has 4 aromatic carbocycles. The van der Waals surface area contributed by atoms with Gasteiger partial charge in [0.2, 0.25) is 0 Å². The first kappa shape index (κ1) is 47.7. The zero-order chi connectivity index (χ0) is 44.2. The molecule has 18 heteroatoms. The quantitative estimate of drug-likeness (QED) is 0.0384. The number of hydrogen-bond donors (Lipinski definition) is 4. The summed E-state index contributed by atoms with van der Waals surface area (Å²) in [6, 6.07) is 25.9. The summed E-state index contributed by atoms with van der Waals surface area (Å²) in [6.07, 6.45) is 5.73. The number of carbonyl (C=O) groups is 1. The van der Waals surface area contributed by atoms with Crippen LogP contribution < -0.4 is 20.7 Å². The molecule has 1 amide bonds. The highest BCUT2D eigenvalue weighted by molar-refractivity contribution is 7.99. The average molecular weight is 951 g/mol. The molecule has 0 radical (unpaired) electrons. The van der Waals surface area contributed by atoms with Crippen molar-refractivity contribution in [3.63, 3.8) is 0 Å². The van der Waals surface area contributed by atoms with Gasteiger partial charge in [-0.3, -0.25) is 4.79 Å². The Morgan fingerprint density at radius 2 is 1.61 bits per heavy atom. The molecule has 1 fully saturated rings. The molecule has 62 heavy (non-hydrogen) atoms. The van der Waals surface area contributed by atoms with E-state index in [4.69, 9.17) is 27.9 Å². The van der Waals surface area contributed by atoms with E-state index in [1.54, 1.807) is 12.1 Å². The van der Waals surface area contributed by atoms with Gasteiger partial charge in [-0.25, -0.2) is 21.6 Å². The fourth-order valence-corrected chi connectivity index (χ4v) is 10.7. The van der Waals surface area contributed by atoms with Crippen LogP contribution in [0.5, 0.6) is 0 Å². The largest absolute Gasteiger partial charge is 0.427 e. The molecule has 1 saturated heterocycles. The molecule has 1 aliphatic carbocycles. The maximum atomic E-state index is 14.6. The molecule has 4 N–H and O–H groups in total. The van der Waals surface area contributed by atoms with Crippen molar-refractivity contribution in [1.82, 2.24) is 14.9 Å². The third-order valence-electron chi connectivity index (χ3n) is 10.6. The minimum atomic E-state index is -5.62. The fourth-order valence-electron chi connectivity index (χ4n) is 7.30. The lowest BCUT2D eigenvalue weighted by Gasteiger charge is -2.26. The Bertz CT molecular complexity index is 2360. The monoisotopic (exact) mass is 949 g/mol. The summed E-state index contributed by atoms with van der Waals surface area (Å²) in [4.78, 5) is 14.6. The Morgan fingerprint density at radius 3 is 2.35 bits per heavy atom. The lowest BCUT2D eigenvalue weighted by atomic mass is 9.87. The lowest BCUT2D eigenvalue weighted by Crippen LogP contribution is -2.34. The third-order valence-corrected chi connectivity index (χ3v) is 15.5. The van der Waals surface area contributed by atoms with Gasteiger partial charge in [0.05, 0.1) is 22.1 Å². The van der Waals surface area contributed by atoms with Gasteiger partial charge in [-0.15, -0.1) is 11.8 Å². The Kier molecular flexibility index (Phi) is 17.1. The van der Waals surface area contributed by atoms with Crippen molar-refractivity contribution in [1.29, 1.82) is 0 Å². The lowest BCUT2D eigenvalue weighted by molar-refractivity contribution is 0.0981. The average Bonchev–Trinajstić information content (AvgIpc) is 3.54. The summed E-state index contributed by atoms with van der Waals surface area (Å²) >= 11 is 12.7. The van der Waals surface area contributed by atoms with Crippen molar-refractivity contribution in [2.75, 3.05) is 68.9 Å². The molecule has 1 heterocycles. The Hall–Kier alpha value is -3.74. The highest BCUT2D eigenvalue weighted by Gasteiger charge is 2.46. The second-order valence-corrected chi connectivity index (χ2v) is 21.0. The predicted octanol–water partition coefficient (Wildman–Crippen LogP) is 8.74. The van der Waals surface area contributed by atoms with Crippen molar-refractivity contribution < 1.29 is 35.1 Å². The van der Waals surface area contributed by atoms with Crippen LogP contribution in [-0.2, 0) is 24.6 Å². The summed E-state index contributed by atoms with van der Waals surface area (Å²) in [5.41, 5.74) is 4.41. The maximum absolute atomic E-state index is 14.6. The van der Waals surface area contributed by atoms with Crippen LogP contribution in [0.3, 0.4) is 0 Å². The van der Waals surface area contributed by atoms with E-state index in [-0.39, 0.29) is 11.3 Å². The highest BCUT2D eigenvalue weighted by atomic mass is 35.5. The fraction of sp³-hybridized carbons (Fsp3) is 0.386. The highest BCUT2D eigenvalue weighted by Crippen LogP contribution is 2.38. The first-order valence-electron chi connectivity index (χ1n) is 20.5. The van der Waals surface area contributed by atoms with E-state index in [1.165, 1.54) is 40.6 Å². The van der Waals surface area contributed by atoms with Gasteiger partial charge >= 0.3 is 4.71 Å². The Labute approximate surface area is 377 Å². The van der Waals surface area contributed by atoms with Crippen LogP contribution in [-0.4, -0.2) is 96.6 Å². The third kappa shape index (κ3) is 13.4. The normalized spacial score (nSPS) is 16.1. The number of halogens is 4. The van der Waals surface area contributed by atoms with Gasteiger partial charge in [0.25, 0.3) is 25.8 Å². The molecule has 0 saturated carbocycles. The number of nitrogens with one attached hydrogen (secondary N) is 4. The number of carbonyl (C=O) groups excluding carboxylic acids is 1. The molecule has 6 rings (SSSR count). The van der Waals surface area contributed by atoms with E-state index < -0.39 is 46.3 Å². The van der Waals surface area contributed by atoms with Gasteiger partial charge in [0.1, 0.15) is 0 Å². The zero-order valence-electron chi connectivity index (χ0n) is 34.1. The van der Waals surface area contributed by atoms with Crippen molar-refractivity contribution in [3.8, 4) is 0 Å². The zero-order valence-corrected chi connectivity index (χ0v) is 38.0. The van der Waals surface area contributed by atoms with Gasteiger partial charge < -0.3 is 25.6 Å². The molecule has 4 aromatic rings. The van der Waals surface area contributed by atoms with Crippen molar-refractivity contribution >= 4 is 77.7 Å². The standard InChI is InChI=1S/C44H51Cl2F2N5O6S3/c45-35-15-11-32(12-16-35)40-10-5-4-7-34(40)30-49-22-23-50-36-17-13-33(14-18-36)43(54)52-62(57,58)39-19-20-41(42(29-39)61(55,56)44(46,47)48)51-37(31-60-38-8-2-1-3-9-38)21-25-53-24-6-27-59-28-26-53/h1-3,8-9,11-20,29,37,49-51H,4-7,10,21-28,30-31H2,(H,52,54)/t37-/m1/s1. The van der Waals surface area contributed by atoms with Gasteiger partial charge in [0, 0.05) is 78.8 Å². The number of sulfone groups is 1. The van der Waals surface area contributed by atoms with Gasteiger partial charge in [-0.2, -0.15) is 8.78 Å². The Balaban J connectivity index is 1.10. The molecule has 2 aliphatic rings. The van der Waals surface area contributed by atoms with Gasteiger partial charge in [-0.05, 0) is 128 Å². The van der Waals surface area contributed by atoms with E-state index in [2.05, 4.69) is 33.0 Å². The van der Waals surface area contributed by atoms with Crippen LogP contribution >= 0.6 is 35.0 Å². The summed E-state index contributed by atoms with van der Waals surface area (Å²) in [6.45, 7) is 5.37. The molecular formula is C44H51Cl2F2N5O6S3. The summed E-state index contributed by atoms with van der Waals surface area (Å²) in [5, 5.41) is 10.6. The number of hydrogen-bond acceptors (Lipinski definition) is 11. The predicted molar refractivity (Wildman–Crippen MR) is 245 cm³/mol. The maximum Gasteiger partial charge on any atom is 0.427 e. The SMILES string of the molecule is O=C(NS(=O)(=O)c1ccc(N[C@H](CCN2CCCOCC2)CSc2ccccc2)c(S(=O)(=O)C(F)(F)Cl)c1)c1ccc(NCCNCC2=C(c3ccc(Cl)cc3)CCCC2)cc1. The number of benzene rings is 4. The molecule has 1 atom stereocenters. The topological polar surface area (TPSA) is 146 Å². The van der Waals surface area contributed by atoms with Crippen molar-refractivity contribution in [3.05, 3.63) is 119 Å². The summed E-state index contributed by atoms with van der Waals surface area (Å²) in [5.74, 6) is -0.570. The summed E-state index contributed by atoms with van der Waals surface area (Å²) < 4.78 is 85.4. The van der Waals surface area contributed by atoms with Crippen LogP contribution in [0.25, 0.3) is 5.57 Å². The molecule has 0 bridgehead atoms. The molecule has 1 aliphatic heterocycles. The van der Waals surface area contributed by atoms with Crippen molar-refractivity contribution in [2.45, 2.75) is 64.0 Å². The molecule has 0 spiro atoms. The van der Waals surface area contributed by atoms with E-state index in [0.29, 0.717) is 68.3 Å². The van der Waals surface area contributed by atoms with Crippen LogP contribution in [0, 0.1) is 0 Å². The van der Waals surface area contributed by atoms with Crippen LogP contribution in [0.1, 0.15) is 54.4 Å². The number of nitrogens with zero attached hydrogens (tertiary/aromatic N) is 1. The molecular weight excluding hydrogens is 900 g/mol. The second-order valence-electron chi connectivity index (χ2n) is 15.1. The first-order valence-corrected chi connectivity index (χ1v) is 25.2. The Morgan fingerprint density at radius 1 is 0.871 bits per heavy atom. The number of sulfonamides is 1. The van der Waals surface area contributed by atoms with Gasteiger partial charge in [-0.1, -0.05) is 47.5 Å². The molecule has 11 nitrogen and oxygen atoms in total. The van der Waals surface area contributed by atoms with Crippen LogP contribution in [0.2, 0.25) is 5.02 Å². The van der Waals surface area contributed by atoms with Crippen molar-refractivity contribution in [2.24, 2.45) is 0 Å². The number of allylic oxidation sites excluding steroid dienone is 1. The number of ether oxygens (including phenoxy) is 1. The summed E-state index contributed by atoms with van der Waals surface area (Å²) in [7, 11) is -10.4. The van der Waals surface area contributed by atoms with Crippen LogP contribution in [0.4, 0.5) is 20.2 Å². The molecule has 0 unspecified atom stereocenters. The molecule has 334 valence electrons. The van der Waals surface area contributed by atoms with E-state index in [1.807, 2.05) is 47.2 Å². The number of amides is 1. The van der Waals surface area contributed by atoms with Gasteiger partial charge in [0.15, 0.2) is 0 Å².